The summed E-state index contributed by atoms with van der Waals surface area (Å²) in [5.74, 6) is -1.24. The average molecular weight is 618 g/mol. The number of fused-ring (bicyclic) bond motifs is 1. The monoisotopic (exact) mass is 617 g/mol. The van der Waals surface area contributed by atoms with E-state index in [1.165, 1.54) is 0 Å². The Morgan fingerprint density at radius 3 is 2.27 bits per heavy atom. The minimum Gasteiger partial charge on any atom is -0.466 e. The summed E-state index contributed by atoms with van der Waals surface area (Å²) in [6.45, 7) is 12.9. The molecular weight excluding hydrogens is 570 g/mol. The SMILES string of the molecule is CCOC(=O)Cc1ccc(N2CC[C@H](N(C(=O)OC(OC(=O)[C@@H](N)C(C)C)C(C)C)[C@H](C)c3cccc4ccccc34)C2)cc1. The molecule has 1 aliphatic rings. The first-order valence-corrected chi connectivity index (χ1v) is 15.9. The Morgan fingerprint density at radius 1 is 0.911 bits per heavy atom. The molecule has 0 aliphatic carbocycles. The quantitative estimate of drug-likeness (QED) is 0.188. The fourth-order valence-electron chi connectivity index (χ4n) is 5.72. The molecule has 0 radical (unpaired) electrons. The summed E-state index contributed by atoms with van der Waals surface area (Å²) in [5, 5.41) is 2.15. The Hall–Kier alpha value is -4.11. The van der Waals surface area contributed by atoms with Crippen LogP contribution >= 0.6 is 0 Å². The lowest BCUT2D eigenvalue weighted by Gasteiger charge is -2.36. The fourth-order valence-corrected chi connectivity index (χ4v) is 5.72. The van der Waals surface area contributed by atoms with Gasteiger partial charge in [0, 0.05) is 24.7 Å². The molecule has 1 saturated heterocycles. The van der Waals surface area contributed by atoms with Crippen molar-refractivity contribution in [2.24, 2.45) is 17.6 Å². The molecule has 0 spiro atoms. The molecule has 9 nitrogen and oxygen atoms in total. The van der Waals surface area contributed by atoms with Gasteiger partial charge < -0.3 is 24.8 Å². The highest BCUT2D eigenvalue weighted by atomic mass is 16.7. The normalized spacial score (nSPS) is 16.8. The van der Waals surface area contributed by atoms with Crippen LogP contribution in [0.2, 0.25) is 0 Å². The Kier molecular flexibility index (Phi) is 11.4. The van der Waals surface area contributed by atoms with Crippen LogP contribution in [0.15, 0.2) is 66.7 Å². The Balaban J connectivity index is 1.59. The third-order valence-electron chi connectivity index (χ3n) is 8.40. The Bertz CT molecular complexity index is 1450. The number of amides is 1. The summed E-state index contributed by atoms with van der Waals surface area (Å²) < 4.78 is 16.7. The standard InChI is InChI=1S/C36H47N3O6/c1-7-43-32(40)21-26-15-17-28(18-16-26)38-20-19-29(22-38)39(25(6)30-14-10-12-27-11-8-9-13-31(27)30)36(42)45-35(24(4)5)44-34(41)33(37)23(2)3/h8-18,23-25,29,33,35H,7,19-22,37H2,1-6H3/t25-,29+,33+,35?/m1/s1. The molecule has 1 unspecified atom stereocenters. The minimum atomic E-state index is -1.08. The number of hydrogen-bond donors (Lipinski definition) is 1. The van der Waals surface area contributed by atoms with Crippen molar-refractivity contribution in [3.05, 3.63) is 77.9 Å². The number of anilines is 1. The van der Waals surface area contributed by atoms with Crippen LogP contribution in [-0.4, -0.2) is 61.0 Å². The third-order valence-corrected chi connectivity index (χ3v) is 8.40. The van der Waals surface area contributed by atoms with Crippen LogP contribution in [0, 0.1) is 11.8 Å². The molecule has 45 heavy (non-hydrogen) atoms. The van der Waals surface area contributed by atoms with Crippen LogP contribution in [0.4, 0.5) is 10.5 Å². The van der Waals surface area contributed by atoms with E-state index in [-0.39, 0.29) is 36.3 Å². The van der Waals surface area contributed by atoms with Crippen molar-refractivity contribution in [1.29, 1.82) is 0 Å². The number of esters is 2. The highest BCUT2D eigenvalue weighted by Gasteiger charge is 2.38. The van der Waals surface area contributed by atoms with Crippen molar-refractivity contribution in [1.82, 2.24) is 4.90 Å². The van der Waals surface area contributed by atoms with Crippen LogP contribution in [0.1, 0.15) is 65.1 Å². The lowest BCUT2D eigenvalue weighted by Crippen LogP contribution is -2.47. The van der Waals surface area contributed by atoms with Gasteiger partial charge in [0.25, 0.3) is 6.29 Å². The Labute approximate surface area is 266 Å². The lowest BCUT2D eigenvalue weighted by molar-refractivity contribution is -0.180. The Morgan fingerprint density at radius 2 is 1.60 bits per heavy atom. The first-order chi connectivity index (χ1) is 21.5. The first-order valence-electron chi connectivity index (χ1n) is 15.9. The second-order valence-electron chi connectivity index (χ2n) is 12.4. The zero-order valence-corrected chi connectivity index (χ0v) is 27.3. The first kappa shape index (κ1) is 33.8. The summed E-state index contributed by atoms with van der Waals surface area (Å²) >= 11 is 0. The number of nitrogens with two attached hydrogens (primary N) is 1. The van der Waals surface area contributed by atoms with E-state index >= 15 is 0 Å². The van der Waals surface area contributed by atoms with Crippen LogP contribution in [0.3, 0.4) is 0 Å². The van der Waals surface area contributed by atoms with E-state index in [2.05, 4.69) is 23.1 Å². The summed E-state index contributed by atoms with van der Waals surface area (Å²) in [6, 6.07) is 20.8. The van der Waals surface area contributed by atoms with Crippen LogP contribution in [0.5, 0.6) is 0 Å². The van der Waals surface area contributed by atoms with Gasteiger partial charge in [-0.3, -0.25) is 14.5 Å². The third kappa shape index (κ3) is 8.34. The van der Waals surface area contributed by atoms with Crippen molar-refractivity contribution >= 4 is 34.5 Å². The van der Waals surface area contributed by atoms with Gasteiger partial charge in [0.2, 0.25) is 0 Å². The topological polar surface area (TPSA) is 111 Å². The number of carbonyl (C=O) groups is 3. The maximum absolute atomic E-state index is 14.1. The predicted octanol–water partition coefficient (Wildman–Crippen LogP) is 6.23. The molecule has 9 heteroatoms. The van der Waals surface area contributed by atoms with Crippen LogP contribution in [0.25, 0.3) is 10.8 Å². The predicted molar refractivity (Wildman–Crippen MR) is 176 cm³/mol. The van der Waals surface area contributed by atoms with Gasteiger partial charge in [-0.05, 0) is 60.2 Å². The summed E-state index contributed by atoms with van der Waals surface area (Å²) in [6.07, 6.45) is -0.681. The van der Waals surface area contributed by atoms with Crippen LogP contribution < -0.4 is 10.6 Å². The molecule has 1 fully saturated rings. The van der Waals surface area contributed by atoms with Gasteiger partial charge in [-0.15, -0.1) is 0 Å². The summed E-state index contributed by atoms with van der Waals surface area (Å²) in [7, 11) is 0. The van der Waals surface area contributed by atoms with Crippen molar-refractivity contribution in [2.45, 2.75) is 78.8 Å². The smallest absolute Gasteiger partial charge is 0.413 e. The molecule has 0 saturated carbocycles. The number of benzene rings is 3. The molecule has 2 N–H and O–H groups in total. The van der Waals surface area contributed by atoms with Crippen molar-refractivity contribution in [2.75, 3.05) is 24.6 Å². The number of rotatable bonds is 12. The molecule has 0 aromatic heterocycles. The molecule has 3 aromatic rings. The lowest BCUT2D eigenvalue weighted by atomic mass is 9.97. The van der Waals surface area contributed by atoms with Crippen molar-refractivity contribution in [3.8, 4) is 0 Å². The second-order valence-corrected chi connectivity index (χ2v) is 12.4. The van der Waals surface area contributed by atoms with E-state index in [4.69, 9.17) is 19.9 Å². The molecule has 4 rings (SSSR count). The molecule has 0 bridgehead atoms. The van der Waals surface area contributed by atoms with E-state index < -0.39 is 24.4 Å². The molecular formula is C36H47N3O6. The zero-order valence-electron chi connectivity index (χ0n) is 27.3. The van der Waals surface area contributed by atoms with Crippen molar-refractivity contribution in [3.63, 3.8) is 0 Å². The largest absolute Gasteiger partial charge is 0.466 e. The molecule has 1 amide bonds. The molecule has 3 aromatic carbocycles. The van der Waals surface area contributed by atoms with Gasteiger partial charge in [-0.1, -0.05) is 82.3 Å². The molecule has 4 atom stereocenters. The van der Waals surface area contributed by atoms with Gasteiger partial charge in [-0.2, -0.15) is 0 Å². The highest BCUT2D eigenvalue weighted by Crippen LogP contribution is 2.34. The highest BCUT2D eigenvalue weighted by molar-refractivity contribution is 5.86. The van der Waals surface area contributed by atoms with Crippen LogP contribution in [-0.2, 0) is 30.2 Å². The summed E-state index contributed by atoms with van der Waals surface area (Å²) in [4.78, 5) is 42.8. The van der Waals surface area contributed by atoms with Gasteiger partial charge >= 0.3 is 18.0 Å². The number of hydrogen-bond acceptors (Lipinski definition) is 8. The molecule has 242 valence electrons. The van der Waals surface area contributed by atoms with E-state index in [9.17, 15) is 14.4 Å². The van der Waals surface area contributed by atoms with E-state index in [0.29, 0.717) is 13.2 Å². The number of ether oxygens (including phenoxy) is 3. The maximum atomic E-state index is 14.1. The van der Waals surface area contributed by atoms with E-state index in [1.807, 2.05) is 83.1 Å². The zero-order chi connectivity index (χ0) is 32.7. The fraction of sp³-hybridized carbons (Fsp3) is 0.472. The number of nitrogens with zero attached hydrogens (tertiary/aromatic N) is 2. The summed E-state index contributed by atoms with van der Waals surface area (Å²) in [5.41, 5.74) is 8.94. The minimum absolute atomic E-state index is 0.118. The van der Waals surface area contributed by atoms with Crippen molar-refractivity contribution < 1.29 is 28.6 Å². The van der Waals surface area contributed by atoms with E-state index in [0.717, 1.165) is 40.6 Å². The molecule has 1 aliphatic heterocycles. The number of carbonyl (C=O) groups excluding carboxylic acids is 3. The average Bonchev–Trinajstić information content (AvgIpc) is 3.50. The van der Waals surface area contributed by atoms with Gasteiger partial charge in [0.15, 0.2) is 0 Å². The second kappa shape index (κ2) is 15.3. The van der Waals surface area contributed by atoms with Gasteiger partial charge in [-0.25, -0.2) is 4.79 Å². The molecule has 1 heterocycles. The van der Waals surface area contributed by atoms with E-state index in [1.54, 1.807) is 11.8 Å². The van der Waals surface area contributed by atoms with Gasteiger partial charge in [0.05, 0.1) is 25.1 Å². The van der Waals surface area contributed by atoms with Gasteiger partial charge in [0.1, 0.15) is 6.04 Å². The maximum Gasteiger partial charge on any atom is 0.413 e.